The lowest BCUT2D eigenvalue weighted by molar-refractivity contribution is -0.0243. The fourth-order valence-corrected chi connectivity index (χ4v) is 4.57. The van der Waals surface area contributed by atoms with Crippen LogP contribution >= 0.6 is 0 Å². The number of ether oxygens (including phenoxy) is 3. The number of hydrogen-bond acceptors (Lipinski definition) is 8. The molecule has 9 heteroatoms. The minimum Gasteiger partial charge on any atom is -0.490 e. The van der Waals surface area contributed by atoms with Gasteiger partial charge < -0.3 is 24.1 Å². The fraction of sp³-hybridized carbons (Fsp3) is 0.375. The van der Waals surface area contributed by atoms with Crippen LogP contribution < -0.4 is 14.8 Å². The minimum atomic E-state index is -0.381. The van der Waals surface area contributed by atoms with Crippen molar-refractivity contribution in [3.63, 3.8) is 0 Å². The zero-order valence-electron chi connectivity index (χ0n) is 24.3. The first kappa shape index (κ1) is 28.1. The average molecular weight is 557 g/mol. The van der Waals surface area contributed by atoms with Gasteiger partial charge in [-0.05, 0) is 62.2 Å². The van der Waals surface area contributed by atoms with E-state index in [1.54, 1.807) is 13.0 Å². The molecule has 0 spiro atoms. The normalized spacial score (nSPS) is 16.9. The van der Waals surface area contributed by atoms with E-state index < -0.39 is 0 Å². The number of carbonyl (C=O) groups is 1. The third-order valence-corrected chi connectivity index (χ3v) is 6.96. The Labute approximate surface area is 240 Å². The van der Waals surface area contributed by atoms with Crippen LogP contribution in [0.3, 0.4) is 0 Å². The van der Waals surface area contributed by atoms with Crippen LogP contribution in [0.4, 0.5) is 4.79 Å². The molecule has 1 aliphatic rings. The van der Waals surface area contributed by atoms with Crippen molar-refractivity contribution < 1.29 is 23.5 Å². The number of benzene rings is 2. The molecule has 2 aromatic carbocycles. The van der Waals surface area contributed by atoms with E-state index in [2.05, 4.69) is 58.6 Å². The zero-order chi connectivity index (χ0) is 29.2. The van der Waals surface area contributed by atoms with Gasteiger partial charge in [-0.1, -0.05) is 49.3 Å². The highest BCUT2D eigenvalue weighted by Crippen LogP contribution is 2.35. The van der Waals surface area contributed by atoms with E-state index in [0.29, 0.717) is 41.9 Å². The summed E-state index contributed by atoms with van der Waals surface area (Å²) in [4.78, 5) is 20.7. The van der Waals surface area contributed by atoms with Crippen molar-refractivity contribution in [2.24, 2.45) is 0 Å². The van der Waals surface area contributed by atoms with Gasteiger partial charge in [0, 0.05) is 36.8 Å². The summed E-state index contributed by atoms with van der Waals surface area (Å²) in [5.41, 5.74) is 2.34. The van der Waals surface area contributed by atoms with Gasteiger partial charge in [0.15, 0.2) is 0 Å². The molecule has 4 aromatic rings. The van der Waals surface area contributed by atoms with Crippen LogP contribution in [0.25, 0.3) is 11.5 Å². The van der Waals surface area contributed by atoms with Crippen LogP contribution in [0.5, 0.6) is 17.4 Å². The fourth-order valence-electron chi connectivity index (χ4n) is 4.57. The molecule has 0 atom stereocenters. The molecule has 1 saturated carbocycles. The third kappa shape index (κ3) is 7.03. The lowest BCUT2D eigenvalue weighted by Gasteiger charge is -2.35. The Morgan fingerprint density at radius 3 is 2.07 bits per heavy atom. The predicted octanol–water partition coefficient (Wildman–Crippen LogP) is 6.99. The number of alkyl carbamates (subject to hydrolysis) is 1. The molecule has 5 rings (SSSR count). The number of rotatable bonds is 8. The maximum Gasteiger partial charge on any atom is 0.407 e. The largest absolute Gasteiger partial charge is 0.490 e. The van der Waals surface area contributed by atoms with Crippen LogP contribution in [0.1, 0.15) is 64.5 Å². The van der Waals surface area contributed by atoms with E-state index in [9.17, 15) is 4.79 Å². The monoisotopic (exact) mass is 556 g/mol. The first-order valence-corrected chi connectivity index (χ1v) is 13.8. The van der Waals surface area contributed by atoms with Crippen molar-refractivity contribution in [2.75, 3.05) is 0 Å². The molecule has 0 aliphatic heterocycles. The number of nitrogens with one attached hydrogen (secondary N) is 1. The van der Waals surface area contributed by atoms with Gasteiger partial charge in [-0.3, -0.25) is 0 Å². The number of aryl methyl sites for hydroxylation is 1. The molecule has 0 bridgehead atoms. The molecule has 1 aliphatic carbocycles. The third-order valence-electron chi connectivity index (χ3n) is 6.96. The van der Waals surface area contributed by atoms with Gasteiger partial charge in [0.2, 0.25) is 17.6 Å². The maximum atomic E-state index is 11.9. The van der Waals surface area contributed by atoms with Crippen molar-refractivity contribution in [1.82, 2.24) is 20.4 Å². The van der Waals surface area contributed by atoms with Crippen LogP contribution in [0.2, 0.25) is 0 Å². The molecule has 9 nitrogen and oxygen atoms in total. The van der Waals surface area contributed by atoms with E-state index in [0.717, 1.165) is 16.9 Å². The molecule has 1 N–H and O–H groups in total. The Bertz CT molecular complexity index is 1480. The van der Waals surface area contributed by atoms with Crippen molar-refractivity contribution in [3.8, 4) is 28.9 Å². The molecule has 1 fully saturated rings. The summed E-state index contributed by atoms with van der Waals surface area (Å²) in [5.74, 6) is 2.84. The van der Waals surface area contributed by atoms with Crippen LogP contribution in [-0.2, 0) is 10.2 Å². The maximum absolute atomic E-state index is 11.9. The Morgan fingerprint density at radius 2 is 1.49 bits per heavy atom. The summed E-state index contributed by atoms with van der Waals surface area (Å²) in [6, 6.07) is 21.7. The standard InChI is InChI=1S/C32H36N4O5/c1-20-33-29(36-41-20)27-8-7-9-28(34-27)39-24-16-12-22(13-17-24)32(5,6)21-10-14-23(15-11-21)38-25-18-26(19-25)40-30(37)35-31(2,3)4/h7-17,25-26H,18-19H2,1-6H3,(H,35,37). The summed E-state index contributed by atoms with van der Waals surface area (Å²) in [6.07, 6.45) is 0.932. The summed E-state index contributed by atoms with van der Waals surface area (Å²) in [6.45, 7) is 11.9. The zero-order valence-corrected chi connectivity index (χ0v) is 24.3. The summed E-state index contributed by atoms with van der Waals surface area (Å²) in [7, 11) is 0. The number of pyridine rings is 1. The number of hydrogen-bond donors (Lipinski definition) is 1. The second-order valence-electron chi connectivity index (χ2n) is 11.9. The van der Waals surface area contributed by atoms with E-state index in [-0.39, 0.29) is 29.3 Å². The molecule has 0 radical (unpaired) electrons. The minimum absolute atomic E-state index is 0.0420. The molecule has 0 saturated heterocycles. The van der Waals surface area contributed by atoms with Crippen LogP contribution in [0.15, 0.2) is 71.3 Å². The van der Waals surface area contributed by atoms with Gasteiger partial charge in [-0.15, -0.1) is 0 Å². The molecule has 2 heterocycles. The van der Waals surface area contributed by atoms with Gasteiger partial charge in [0.25, 0.3) is 0 Å². The molecule has 2 aromatic heterocycles. The molecule has 41 heavy (non-hydrogen) atoms. The van der Waals surface area contributed by atoms with Crippen molar-refractivity contribution in [2.45, 2.75) is 77.5 Å². The summed E-state index contributed by atoms with van der Waals surface area (Å²) < 4.78 is 22.6. The quantitative estimate of drug-likeness (QED) is 0.247. The van der Waals surface area contributed by atoms with Gasteiger partial charge >= 0.3 is 6.09 Å². The number of nitrogens with zero attached hydrogens (tertiary/aromatic N) is 3. The first-order valence-electron chi connectivity index (χ1n) is 13.8. The molecule has 0 unspecified atom stereocenters. The van der Waals surface area contributed by atoms with Crippen molar-refractivity contribution in [1.29, 1.82) is 0 Å². The van der Waals surface area contributed by atoms with Crippen molar-refractivity contribution >= 4 is 6.09 Å². The number of carbonyl (C=O) groups excluding carboxylic acids is 1. The number of aromatic nitrogens is 3. The van der Waals surface area contributed by atoms with Gasteiger partial charge in [0.05, 0.1) is 0 Å². The highest BCUT2D eigenvalue weighted by atomic mass is 16.6. The Hall–Kier alpha value is -4.40. The lowest BCUT2D eigenvalue weighted by atomic mass is 9.78. The summed E-state index contributed by atoms with van der Waals surface area (Å²) >= 11 is 0. The molecule has 214 valence electrons. The predicted molar refractivity (Wildman–Crippen MR) is 154 cm³/mol. The second kappa shape index (κ2) is 11.2. The summed E-state index contributed by atoms with van der Waals surface area (Å²) in [5, 5.41) is 6.74. The number of amides is 1. The van der Waals surface area contributed by atoms with Gasteiger partial charge in [-0.2, -0.15) is 4.98 Å². The average Bonchev–Trinajstić information content (AvgIpc) is 3.33. The Kier molecular flexibility index (Phi) is 7.71. The van der Waals surface area contributed by atoms with Gasteiger partial charge in [0.1, 0.15) is 29.4 Å². The smallest absolute Gasteiger partial charge is 0.407 e. The van der Waals surface area contributed by atoms with E-state index in [1.165, 1.54) is 0 Å². The SMILES string of the molecule is Cc1nc(-c2cccc(Oc3ccc(C(C)(C)c4ccc(OC5CC(OC(=O)NC(C)(C)C)C5)cc4)cc3)n2)no1. The molecular weight excluding hydrogens is 520 g/mol. The molecular formula is C32H36N4O5. The Balaban J connectivity index is 1.15. The Morgan fingerprint density at radius 1 is 0.854 bits per heavy atom. The second-order valence-corrected chi connectivity index (χ2v) is 11.9. The van der Waals surface area contributed by atoms with E-state index in [1.807, 2.05) is 57.2 Å². The van der Waals surface area contributed by atoms with Gasteiger partial charge in [-0.25, -0.2) is 9.78 Å². The topological polar surface area (TPSA) is 109 Å². The highest BCUT2D eigenvalue weighted by molar-refractivity contribution is 5.68. The lowest BCUT2D eigenvalue weighted by Crippen LogP contribution is -2.46. The van der Waals surface area contributed by atoms with Crippen molar-refractivity contribution in [3.05, 3.63) is 83.7 Å². The van der Waals surface area contributed by atoms with E-state index >= 15 is 0 Å². The van der Waals surface area contributed by atoms with Crippen LogP contribution in [-0.4, -0.2) is 39.0 Å². The molecule has 1 amide bonds. The van der Waals surface area contributed by atoms with Crippen LogP contribution in [0, 0.1) is 6.92 Å². The first-order chi connectivity index (χ1) is 19.4. The highest BCUT2D eigenvalue weighted by Gasteiger charge is 2.34. The van der Waals surface area contributed by atoms with E-state index in [4.69, 9.17) is 18.7 Å².